The van der Waals surface area contributed by atoms with E-state index in [1.54, 1.807) is 0 Å². The fraction of sp³-hybridized carbons (Fsp3) is 1.00. The van der Waals surface area contributed by atoms with Crippen LogP contribution in [-0.2, 0) is 0 Å². The van der Waals surface area contributed by atoms with Crippen LogP contribution in [0.2, 0.25) is 0 Å². The molecule has 1 atom stereocenters. The molecule has 1 aliphatic heterocycles. The van der Waals surface area contributed by atoms with Gasteiger partial charge in [0.15, 0.2) is 0 Å². The Balaban J connectivity index is 1.44. The lowest BCUT2D eigenvalue weighted by Crippen LogP contribution is -2.33. The summed E-state index contributed by atoms with van der Waals surface area (Å²) in [6, 6.07) is 0.451. The molecule has 118 valence electrons. The molecule has 0 radical (unpaired) electrons. The van der Waals surface area contributed by atoms with Gasteiger partial charge < -0.3 is 10.4 Å². The largest absolute Gasteiger partial charge is 0.395 e. The van der Waals surface area contributed by atoms with Crippen molar-refractivity contribution in [2.24, 2.45) is 11.8 Å². The molecule has 2 N–H and O–H groups in total. The third kappa shape index (κ3) is 5.34. The number of hydrogen-bond donors (Lipinski definition) is 2. The van der Waals surface area contributed by atoms with E-state index >= 15 is 0 Å². The minimum Gasteiger partial charge on any atom is -0.395 e. The number of rotatable bonds is 8. The van der Waals surface area contributed by atoms with Crippen LogP contribution >= 0.6 is 0 Å². The van der Waals surface area contributed by atoms with E-state index in [0.29, 0.717) is 12.6 Å². The molecular formula is C17H34N2O. The molecule has 1 saturated carbocycles. The number of nitrogens with one attached hydrogen (secondary N) is 1. The Kier molecular flexibility index (Phi) is 7.32. The molecule has 1 saturated heterocycles. The van der Waals surface area contributed by atoms with E-state index in [1.165, 1.54) is 77.5 Å². The lowest BCUT2D eigenvalue weighted by Gasteiger charge is -2.26. The zero-order valence-electron chi connectivity index (χ0n) is 13.3. The molecule has 2 fully saturated rings. The van der Waals surface area contributed by atoms with Crippen molar-refractivity contribution in [3.05, 3.63) is 0 Å². The Bertz CT molecular complexity index is 251. The maximum Gasteiger partial charge on any atom is 0.0586 e. The molecule has 0 spiro atoms. The fourth-order valence-corrected chi connectivity index (χ4v) is 3.80. The second-order valence-electron chi connectivity index (χ2n) is 7.05. The van der Waals surface area contributed by atoms with Gasteiger partial charge in [0.25, 0.3) is 0 Å². The SMILES string of the molecule is CC1CCC(CNCCCCN2CCCC2CO)CC1. The van der Waals surface area contributed by atoms with Gasteiger partial charge in [-0.15, -0.1) is 0 Å². The van der Waals surface area contributed by atoms with Gasteiger partial charge in [0.05, 0.1) is 6.61 Å². The summed E-state index contributed by atoms with van der Waals surface area (Å²) in [4.78, 5) is 2.47. The molecule has 1 aliphatic carbocycles. The van der Waals surface area contributed by atoms with Crippen molar-refractivity contribution < 1.29 is 5.11 Å². The normalized spacial score (nSPS) is 31.8. The van der Waals surface area contributed by atoms with Crippen LogP contribution in [0.15, 0.2) is 0 Å². The molecule has 3 heteroatoms. The van der Waals surface area contributed by atoms with Gasteiger partial charge in [-0.1, -0.05) is 19.8 Å². The van der Waals surface area contributed by atoms with Gasteiger partial charge in [-0.2, -0.15) is 0 Å². The highest BCUT2D eigenvalue weighted by Crippen LogP contribution is 2.27. The molecule has 1 heterocycles. The van der Waals surface area contributed by atoms with E-state index in [4.69, 9.17) is 0 Å². The Morgan fingerprint density at radius 3 is 2.65 bits per heavy atom. The van der Waals surface area contributed by atoms with Crippen molar-refractivity contribution in [1.29, 1.82) is 0 Å². The second kappa shape index (κ2) is 9.01. The minimum absolute atomic E-state index is 0.346. The van der Waals surface area contributed by atoms with Crippen LogP contribution in [0.1, 0.15) is 58.3 Å². The standard InChI is InChI=1S/C17H34N2O/c1-15-6-8-16(9-7-15)13-18-10-2-3-11-19-12-4-5-17(19)14-20/h15-18,20H,2-14H2,1H3. The van der Waals surface area contributed by atoms with Gasteiger partial charge in [0.2, 0.25) is 0 Å². The molecule has 1 unspecified atom stereocenters. The summed E-state index contributed by atoms with van der Waals surface area (Å²) in [5.41, 5.74) is 0. The number of hydrogen-bond acceptors (Lipinski definition) is 3. The third-order valence-electron chi connectivity index (χ3n) is 5.33. The first kappa shape index (κ1) is 16.3. The maximum absolute atomic E-state index is 9.29. The predicted octanol–water partition coefficient (Wildman–Crippen LogP) is 2.64. The molecule has 0 aromatic rings. The maximum atomic E-state index is 9.29. The molecule has 0 aromatic carbocycles. The lowest BCUT2D eigenvalue weighted by atomic mass is 9.83. The van der Waals surface area contributed by atoms with Crippen molar-refractivity contribution in [3.63, 3.8) is 0 Å². The summed E-state index contributed by atoms with van der Waals surface area (Å²) in [6.45, 7) is 7.51. The summed E-state index contributed by atoms with van der Waals surface area (Å²) >= 11 is 0. The molecule has 20 heavy (non-hydrogen) atoms. The summed E-state index contributed by atoms with van der Waals surface area (Å²) in [7, 11) is 0. The van der Waals surface area contributed by atoms with Crippen LogP contribution in [0.3, 0.4) is 0 Å². The number of aliphatic hydroxyl groups excluding tert-OH is 1. The van der Waals surface area contributed by atoms with E-state index < -0.39 is 0 Å². The quantitative estimate of drug-likeness (QED) is 0.672. The Morgan fingerprint density at radius 1 is 1.10 bits per heavy atom. The highest BCUT2D eigenvalue weighted by Gasteiger charge is 2.22. The van der Waals surface area contributed by atoms with E-state index in [2.05, 4.69) is 17.1 Å². The summed E-state index contributed by atoms with van der Waals surface area (Å²) in [5, 5.41) is 12.9. The van der Waals surface area contributed by atoms with E-state index in [9.17, 15) is 5.11 Å². The molecule has 2 rings (SSSR count). The summed E-state index contributed by atoms with van der Waals surface area (Å²) in [6.07, 6.45) is 10.7. The number of likely N-dealkylation sites (tertiary alicyclic amines) is 1. The molecule has 2 aliphatic rings. The number of aliphatic hydroxyl groups is 1. The van der Waals surface area contributed by atoms with Gasteiger partial charge in [-0.25, -0.2) is 0 Å². The highest BCUT2D eigenvalue weighted by molar-refractivity contribution is 4.78. The molecule has 0 amide bonds. The average Bonchev–Trinajstić information content (AvgIpc) is 2.92. The first-order valence-corrected chi connectivity index (χ1v) is 8.85. The van der Waals surface area contributed by atoms with Crippen molar-refractivity contribution in [3.8, 4) is 0 Å². The summed E-state index contributed by atoms with van der Waals surface area (Å²) < 4.78 is 0. The first-order chi connectivity index (χ1) is 9.79. The molecular weight excluding hydrogens is 248 g/mol. The third-order valence-corrected chi connectivity index (χ3v) is 5.33. The zero-order chi connectivity index (χ0) is 14.2. The second-order valence-corrected chi connectivity index (χ2v) is 7.05. The van der Waals surface area contributed by atoms with Crippen LogP contribution in [0.25, 0.3) is 0 Å². The van der Waals surface area contributed by atoms with Crippen molar-refractivity contribution in [2.75, 3.05) is 32.8 Å². The van der Waals surface area contributed by atoms with Gasteiger partial charge in [-0.3, -0.25) is 4.90 Å². The van der Waals surface area contributed by atoms with Crippen LogP contribution in [0, 0.1) is 11.8 Å². The molecule has 3 nitrogen and oxygen atoms in total. The smallest absolute Gasteiger partial charge is 0.0586 e. The lowest BCUT2D eigenvalue weighted by molar-refractivity contribution is 0.157. The Morgan fingerprint density at radius 2 is 1.90 bits per heavy atom. The molecule has 0 bridgehead atoms. The van der Waals surface area contributed by atoms with Crippen LogP contribution in [0.5, 0.6) is 0 Å². The predicted molar refractivity (Wildman–Crippen MR) is 84.9 cm³/mol. The van der Waals surface area contributed by atoms with Gasteiger partial charge in [0, 0.05) is 6.04 Å². The topological polar surface area (TPSA) is 35.5 Å². The fourth-order valence-electron chi connectivity index (χ4n) is 3.80. The first-order valence-electron chi connectivity index (χ1n) is 8.85. The monoisotopic (exact) mass is 282 g/mol. The van der Waals surface area contributed by atoms with Gasteiger partial charge in [-0.05, 0) is 76.5 Å². The van der Waals surface area contributed by atoms with E-state index in [-0.39, 0.29) is 0 Å². The van der Waals surface area contributed by atoms with Crippen molar-refractivity contribution in [2.45, 2.75) is 64.3 Å². The zero-order valence-corrected chi connectivity index (χ0v) is 13.3. The minimum atomic E-state index is 0.346. The van der Waals surface area contributed by atoms with Crippen LogP contribution < -0.4 is 5.32 Å². The Hall–Kier alpha value is -0.120. The highest BCUT2D eigenvalue weighted by atomic mass is 16.3. The van der Waals surface area contributed by atoms with E-state index in [0.717, 1.165) is 11.8 Å². The summed E-state index contributed by atoms with van der Waals surface area (Å²) in [5.74, 6) is 1.90. The average molecular weight is 282 g/mol. The number of unbranched alkanes of at least 4 members (excludes halogenated alkanes) is 1. The van der Waals surface area contributed by atoms with Crippen LogP contribution in [0.4, 0.5) is 0 Å². The number of nitrogens with zero attached hydrogens (tertiary/aromatic N) is 1. The Labute approximate surface area is 125 Å². The van der Waals surface area contributed by atoms with Gasteiger partial charge >= 0.3 is 0 Å². The molecule has 0 aromatic heterocycles. The van der Waals surface area contributed by atoms with Crippen molar-refractivity contribution in [1.82, 2.24) is 10.2 Å². The van der Waals surface area contributed by atoms with Crippen molar-refractivity contribution >= 4 is 0 Å². The van der Waals surface area contributed by atoms with E-state index in [1.807, 2.05) is 0 Å². The van der Waals surface area contributed by atoms with Crippen LogP contribution in [-0.4, -0.2) is 48.8 Å². The van der Waals surface area contributed by atoms with Gasteiger partial charge in [0.1, 0.15) is 0 Å².